The van der Waals surface area contributed by atoms with Crippen molar-refractivity contribution in [2.75, 3.05) is 0 Å². The van der Waals surface area contributed by atoms with Gasteiger partial charge in [-0.15, -0.1) is 0 Å². The molecule has 0 atom stereocenters. The number of amides is 1. The lowest BCUT2D eigenvalue weighted by atomic mass is 10.1. The maximum atomic E-state index is 12.1. The fourth-order valence-corrected chi connectivity index (χ4v) is 4.96. The molecule has 0 radical (unpaired) electrons. The number of halogens is 2. The van der Waals surface area contributed by atoms with Crippen molar-refractivity contribution >= 4 is 73.2 Å². The molecule has 0 saturated carbocycles. The van der Waals surface area contributed by atoms with E-state index in [1.165, 1.54) is 11.0 Å². The van der Waals surface area contributed by atoms with Gasteiger partial charge in [-0.3, -0.25) is 24.5 Å². The highest BCUT2D eigenvalue weighted by Crippen LogP contribution is 2.33. The van der Waals surface area contributed by atoms with Crippen LogP contribution in [0, 0.1) is 0 Å². The van der Waals surface area contributed by atoms with Crippen LogP contribution in [0.3, 0.4) is 0 Å². The molecule has 14 nitrogen and oxygen atoms in total. The van der Waals surface area contributed by atoms with Crippen molar-refractivity contribution in [3.63, 3.8) is 0 Å². The lowest BCUT2D eigenvalue weighted by molar-refractivity contribution is 0.0911. The normalized spacial score (nSPS) is 11.8. The summed E-state index contributed by atoms with van der Waals surface area (Å²) in [5.41, 5.74) is 3.95. The summed E-state index contributed by atoms with van der Waals surface area (Å²) in [6.45, 7) is 5.46. The van der Waals surface area contributed by atoms with Gasteiger partial charge in [-0.05, 0) is 45.0 Å². The van der Waals surface area contributed by atoms with Crippen LogP contribution in [0.1, 0.15) is 32.3 Å². The molecule has 4 aromatic heterocycles. The van der Waals surface area contributed by atoms with Crippen LogP contribution in [0.25, 0.3) is 43.9 Å². The second-order valence-corrected chi connectivity index (χ2v) is 11.1. The molecule has 0 aliphatic heterocycles. The van der Waals surface area contributed by atoms with E-state index < -0.39 is 34.3 Å². The lowest BCUT2D eigenvalue weighted by Crippen LogP contribution is -2.44. The van der Waals surface area contributed by atoms with E-state index >= 15 is 0 Å². The summed E-state index contributed by atoms with van der Waals surface area (Å²) >= 11 is 12.1. The van der Waals surface area contributed by atoms with Gasteiger partial charge in [-0.1, -0.05) is 23.2 Å². The molecule has 0 bridgehead atoms. The van der Waals surface area contributed by atoms with Crippen LogP contribution in [-0.4, -0.2) is 31.6 Å². The van der Waals surface area contributed by atoms with Crippen molar-refractivity contribution < 1.29 is 27.6 Å². The number of aromatic nitrogens is 2. The number of fused-ring (bicyclic) bond motifs is 6. The third kappa shape index (κ3) is 5.55. The van der Waals surface area contributed by atoms with Crippen molar-refractivity contribution in [3.8, 4) is 0 Å². The number of rotatable bonds is 3. The Balaban J connectivity index is 0.000000180. The Morgan fingerprint density at radius 3 is 1.65 bits per heavy atom. The molecule has 6 aromatic rings. The number of aromatic amines is 2. The number of furan rings is 2. The van der Waals surface area contributed by atoms with E-state index in [1.54, 1.807) is 39.0 Å². The molecule has 0 aliphatic carbocycles. The quantitative estimate of drug-likeness (QED) is 0.213. The van der Waals surface area contributed by atoms with Gasteiger partial charge in [-0.2, -0.15) is 0 Å². The predicted molar refractivity (Wildman–Crippen MR) is 157 cm³/mol. The number of hydrogen-bond acceptors (Lipinski definition) is 10. The molecular formula is C27H22Cl2N4O10. The first-order chi connectivity index (χ1) is 20.2. The van der Waals surface area contributed by atoms with E-state index in [0.29, 0.717) is 27.9 Å². The van der Waals surface area contributed by atoms with Gasteiger partial charge in [-0.25, -0.2) is 14.4 Å². The average molecular weight is 633 g/mol. The van der Waals surface area contributed by atoms with Crippen molar-refractivity contribution in [1.29, 1.82) is 0 Å². The van der Waals surface area contributed by atoms with E-state index in [1.807, 2.05) is 9.97 Å². The van der Waals surface area contributed by atoms with Gasteiger partial charge in [0, 0.05) is 16.3 Å². The number of nitrogens with one attached hydrogen (secondary N) is 2. The largest absolute Gasteiger partial charge is 0.465 e. The topological polar surface area (TPSA) is 219 Å². The van der Waals surface area contributed by atoms with Gasteiger partial charge < -0.3 is 28.5 Å². The van der Waals surface area contributed by atoms with Crippen molar-refractivity contribution in [3.05, 3.63) is 87.6 Å². The molecule has 16 heteroatoms. The predicted octanol–water partition coefficient (Wildman–Crippen LogP) is 4.50. The molecular weight excluding hydrogens is 611 g/mol. The number of carboxylic acid groups (broad SMARTS) is 1. The number of hydrogen-bond donors (Lipinski definition) is 4. The molecule has 224 valence electrons. The molecule has 4 heterocycles. The van der Waals surface area contributed by atoms with Crippen LogP contribution in [-0.2, 0) is 13.1 Å². The SMILES string of the molecule is CC(C)(C)N(Cc1cc2cc(Cl)c3oc(=O)[nH]c(=O)c3c2o1)C(=O)O.NCc1cc2cc(Cl)c3oc(=O)[nH]c(=O)c3c2o1. The number of nitrogens with zero attached hydrogens (tertiary/aromatic N) is 1. The molecule has 0 saturated heterocycles. The minimum atomic E-state index is -1.10. The summed E-state index contributed by atoms with van der Waals surface area (Å²) in [7, 11) is 0. The van der Waals surface area contributed by atoms with Crippen LogP contribution in [0.5, 0.6) is 0 Å². The van der Waals surface area contributed by atoms with E-state index in [0.717, 1.165) is 0 Å². The van der Waals surface area contributed by atoms with Crippen molar-refractivity contribution in [2.45, 2.75) is 39.4 Å². The summed E-state index contributed by atoms with van der Waals surface area (Å²) in [6, 6.07) is 6.35. The minimum Gasteiger partial charge on any atom is -0.465 e. The summed E-state index contributed by atoms with van der Waals surface area (Å²) in [4.78, 5) is 63.1. The lowest BCUT2D eigenvalue weighted by Gasteiger charge is -2.32. The Kier molecular flexibility index (Phi) is 7.46. The van der Waals surface area contributed by atoms with Crippen molar-refractivity contribution in [1.82, 2.24) is 14.9 Å². The van der Waals surface area contributed by atoms with Gasteiger partial charge >= 0.3 is 17.6 Å². The summed E-state index contributed by atoms with van der Waals surface area (Å²) in [5, 5.41) is 10.9. The van der Waals surface area contributed by atoms with Gasteiger partial charge in [0.2, 0.25) is 0 Å². The summed E-state index contributed by atoms with van der Waals surface area (Å²) < 4.78 is 21.0. The molecule has 2 aromatic carbocycles. The van der Waals surface area contributed by atoms with E-state index in [2.05, 4.69) is 0 Å². The Morgan fingerprint density at radius 2 is 1.23 bits per heavy atom. The minimum absolute atomic E-state index is 0.00554. The number of nitrogens with two attached hydrogens (primary N) is 1. The van der Waals surface area contributed by atoms with Gasteiger partial charge in [0.1, 0.15) is 22.3 Å². The van der Waals surface area contributed by atoms with Crippen LogP contribution in [0.4, 0.5) is 4.79 Å². The molecule has 5 N–H and O–H groups in total. The fraction of sp³-hybridized carbons (Fsp3) is 0.222. The maximum absolute atomic E-state index is 12.1. The van der Waals surface area contributed by atoms with Gasteiger partial charge in [0.05, 0.1) is 23.1 Å². The first kappa shape index (κ1) is 29.7. The first-order valence-electron chi connectivity index (χ1n) is 12.4. The summed E-state index contributed by atoms with van der Waals surface area (Å²) in [5.74, 6) is -0.935. The Bertz CT molecular complexity index is 2300. The van der Waals surface area contributed by atoms with E-state index in [-0.39, 0.29) is 50.7 Å². The molecule has 0 aliphatic rings. The zero-order valence-corrected chi connectivity index (χ0v) is 24.1. The fourth-order valence-electron chi connectivity index (χ4n) is 4.46. The summed E-state index contributed by atoms with van der Waals surface area (Å²) in [6.07, 6.45) is -1.10. The Morgan fingerprint density at radius 1 is 0.791 bits per heavy atom. The third-order valence-corrected chi connectivity index (χ3v) is 6.92. The van der Waals surface area contributed by atoms with Crippen LogP contribution in [0.15, 0.2) is 61.1 Å². The molecule has 43 heavy (non-hydrogen) atoms. The number of benzene rings is 2. The van der Waals surface area contributed by atoms with E-state index in [4.69, 9.17) is 46.6 Å². The Labute approximate surface area is 248 Å². The second-order valence-electron chi connectivity index (χ2n) is 10.3. The van der Waals surface area contributed by atoms with E-state index in [9.17, 15) is 29.1 Å². The molecule has 0 unspecified atom stereocenters. The first-order valence-corrected chi connectivity index (χ1v) is 13.2. The monoisotopic (exact) mass is 632 g/mol. The second kappa shape index (κ2) is 10.8. The molecule has 6 rings (SSSR count). The highest BCUT2D eigenvalue weighted by Gasteiger charge is 2.28. The third-order valence-electron chi connectivity index (χ3n) is 6.36. The molecule has 0 fully saturated rings. The van der Waals surface area contributed by atoms with Gasteiger partial charge in [0.15, 0.2) is 22.3 Å². The maximum Gasteiger partial charge on any atom is 0.419 e. The average Bonchev–Trinajstić information content (AvgIpc) is 3.50. The van der Waals surface area contributed by atoms with Crippen LogP contribution in [0.2, 0.25) is 10.0 Å². The number of H-pyrrole nitrogens is 2. The standard InChI is InChI=1S/C16H15ClN2O6.C11H7ClN2O4/c1-16(2,3)19(15(22)23)6-8-4-7-5-9(17)12-10(11(7)24-8)13(20)18-14(21)25-12;12-6-2-4-1-5(3-13)17-8(4)7-9(6)18-11(16)14-10(7)15/h4-5H,6H2,1-3H3,(H,22,23)(H,18,20,21);1-2H,3,13H2,(H,14,15,16). The Hall–Kier alpha value is -4.79. The van der Waals surface area contributed by atoms with Crippen LogP contribution >= 0.6 is 23.2 Å². The smallest absolute Gasteiger partial charge is 0.419 e. The number of carbonyl (C=O) groups is 1. The van der Waals surface area contributed by atoms with Crippen molar-refractivity contribution in [2.24, 2.45) is 5.73 Å². The molecule has 1 amide bonds. The zero-order chi connectivity index (χ0) is 31.4. The zero-order valence-electron chi connectivity index (χ0n) is 22.6. The highest BCUT2D eigenvalue weighted by atomic mass is 35.5. The van der Waals surface area contributed by atoms with Crippen LogP contribution < -0.4 is 28.4 Å². The highest BCUT2D eigenvalue weighted by molar-refractivity contribution is 6.37. The molecule has 0 spiro atoms. The van der Waals surface area contributed by atoms with Gasteiger partial charge in [0.25, 0.3) is 11.1 Å².